The molecule has 0 aliphatic heterocycles. The highest BCUT2D eigenvalue weighted by atomic mass is 16.6. The minimum Gasteiger partial charge on any atom is -0.326 e. The Morgan fingerprint density at radius 1 is 1.14 bits per heavy atom. The number of nitro groups is 1. The highest BCUT2D eigenvalue weighted by Crippen LogP contribution is 2.25. The second-order valence-electron chi connectivity index (χ2n) is 5.09. The lowest BCUT2D eigenvalue weighted by Crippen LogP contribution is -2.13. The third-order valence-corrected chi connectivity index (χ3v) is 3.49. The zero-order chi connectivity index (χ0) is 15.9. The SMILES string of the molecule is Cc1c(NC(=O)CCCc2ccccc2)cccc1[N+](=O)[O-]. The van der Waals surface area contributed by atoms with Crippen LogP contribution in [0.3, 0.4) is 0 Å². The van der Waals surface area contributed by atoms with E-state index >= 15 is 0 Å². The molecule has 114 valence electrons. The predicted molar refractivity (Wildman–Crippen MR) is 85.8 cm³/mol. The minimum absolute atomic E-state index is 0.0158. The number of benzene rings is 2. The third-order valence-electron chi connectivity index (χ3n) is 3.49. The second-order valence-corrected chi connectivity index (χ2v) is 5.09. The molecule has 2 aromatic rings. The van der Waals surface area contributed by atoms with Crippen LogP contribution in [-0.4, -0.2) is 10.8 Å². The summed E-state index contributed by atoms with van der Waals surface area (Å²) in [5, 5.41) is 13.6. The molecule has 1 amide bonds. The van der Waals surface area contributed by atoms with E-state index in [0.29, 0.717) is 17.7 Å². The molecule has 0 spiro atoms. The molecule has 0 radical (unpaired) electrons. The zero-order valence-corrected chi connectivity index (χ0v) is 12.4. The van der Waals surface area contributed by atoms with Gasteiger partial charge in [-0.05, 0) is 31.4 Å². The van der Waals surface area contributed by atoms with Crippen molar-refractivity contribution in [1.29, 1.82) is 0 Å². The van der Waals surface area contributed by atoms with Crippen molar-refractivity contribution in [1.82, 2.24) is 0 Å². The number of carbonyl (C=O) groups excluding carboxylic acids is 1. The average molecular weight is 298 g/mol. The van der Waals surface area contributed by atoms with Crippen molar-refractivity contribution < 1.29 is 9.72 Å². The number of anilines is 1. The zero-order valence-electron chi connectivity index (χ0n) is 12.4. The number of carbonyl (C=O) groups is 1. The molecule has 0 aliphatic carbocycles. The van der Waals surface area contributed by atoms with E-state index in [1.165, 1.54) is 11.6 Å². The summed E-state index contributed by atoms with van der Waals surface area (Å²) >= 11 is 0. The molecule has 0 saturated carbocycles. The van der Waals surface area contributed by atoms with Crippen molar-refractivity contribution in [2.24, 2.45) is 0 Å². The summed E-state index contributed by atoms with van der Waals surface area (Å²) in [5.41, 5.74) is 2.19. The summed E-state index contributed by atoms with van der Waals surface area (Å²) in [4.78, 5) is 22.4. The summed E-state index contributed by atoms with van der Waals surface area (Å²) in [6, 6.07) is 14.7. The van der Waals surface area contributed by atoms with E-state index in [1.807, 2.05) is 30.3 Å². The topological polar surface area (TPSA) is 72.2 Å². The number of nitrogens with zero attached hydrogens (tertiary/aromatic N) is 1. The lowest BCUT2D eigenvalue weighted by atomic mass is 10.1. The van der Waals surface area contributed by atoms with Crippen LogP contribution < -0.4 is 5.32 Å². The van der Waals surface area contributed by atoms with E-state index in [9.17, 15) is 14.9 Å². The molecule has 0 atom stereocenters. The molecule has 0 unspecified atom stereocenters. The van der Waals surface area contributed by atoms with E-state index < -0.39 is 4.92 Å². The van der Waals surface area contributed by atoms with E-state index in [1.54, 1.807) is 19.1 Å². The molecule has 0 aliphatic rings. The Hall–Kier alpha value is -2.69. The van der Waals surface area contributed by atoms with Crippen LogP contribution in [0.15, 0.2) is 48.5 Å². The normalized spacial score (nSPS) is 10.2. The first-order valence-electron chi connectivity index (χ1n) is 7.15. The molecule has 2 rings (SSSR count). The van der Waals surface area contributed by atoms with Crippen LogP contribution in [-0.2, 0) is 11.2 Å². The fourth-order valence-electron chi connectivity index (χ4n) is 2.27. The van der Waals surface area contributed by atoms with Crippen LogP contribution >= 0.6 is 0 Å². The van der Waals surface area contributed by atoms with Crippen molar-refractivity contribution in [3.05, 3.63) is 69.8 Å². The van der Waals surface area contributed by atoms with Gasteiger partial charge in [-0.15, -0.1) is 0 Å². The van der Waals surface area contributed by atoms with Gasteiger partial charge in [0, 0.05) is 12.5 Å². The van der Waals surface area contributed by atoms with Crippen LogP contribution in [0.2, 0.25) is 0 Å². The first kappa shape index (κ1) is 15.7. The molecule has 1 N–H and O–H groups in total. The van der Waals surface area contributed by atoms with Gasteiger partial charge in [0.1, 0.15) is 0 Å². The van der Waals surface area contributed by atoms with Crippen molar-refractivity contribution >= 4 is 17.3 Å². The maximum Gasteiger partial charge on any atom is 0.274 e. The molecule has 5 nitrogen and oxygen atoms in total. The minimum atomic E-state index is -0.444. The van der Waals surface area contributed by atoms with Gasteiger partial charge < -0.3 is 5.32 Å². The number of hydrogen-bond acceptors (Lipinski definition) is 3. The van der Waals surface area contributed by atoms with E-state index in [-0.39, 0.29) is 11.6 Å². The van der Waals surface area contributed by atoms with Crippen molar-refractivity contribution in [2.45, 2.75) is 26.2 Å². The average Bonchev–Trinajstić information content (AvgIpc) is 2.50. The van der Waals surface area contributed by atoms with Crippen LogP contribution in [0.5, 0.6) is 0 Å². The molecule has 0 saturated heterocycles. The van der Waals surface area contributed by atoms with Gasteiger partial charge in [-0.1, -0.05) is 36.4 Å². The van der Waals surface area contributed by atoms with Crippen molar-refractivity contribution in [3.63, 3.8) is 0 Å². The molecule has 0 aromatic heterocycles. The van der Waals surface area contributed by atoms with E-state index in [0.717, 1.165) is 12.8 Å². The maximum absolute atomic E-state index is 12.0. The smallest absolute Gasteiger partial charge is 0.274 e. The van der Waals surface area contributed by atoms with Gasteiger partial charge in [-0.3, -0.25) is 14.9 Å². The number of nitro benzene ring substituents is 1. The summed E-state index contributed by atoms with van der Waals surface area (Å²) in [6.45, 7) is 1.64. The van der Waals surface area contributed by atoms with Crippen LogP contribution in [0, 0.1) is 17.0 Å². The Morgan fingerprint density at radius 3 is 2.55 bits per heavy atom. The highest BCUT2D eigenvalue weighted by molar-refractivity contribution is 5.92. The largest absolute Gasteiger partial charge is 0.326 e. The Morgan fingerprint density at radius 2 is 1.86 bits per heavy atom. The Balaban J connectivity index is 1.90. The first-order chi connectivity index (χ1) is 10.6. The first-order valence-corrected chi connectivity index (χ1v) is 7.15. The molecule has 5 heteroatoms. The van der Waals surface area contributed by atoms with Crippen molar-refractivity contribution in [2.75, 3.05) is 5.32 Å². The van der Waals surface area contributed by atoms with Crippen LogP contribution in [0.25, 0.3) is 0 Å². The molecule has 0 bridgehead atoms. The monoisotopic (exact) mass is 298 g/mol. The molecule has 0 fully saturated rings. The number of amides is 1. The van der Waals surface area contributed by atoms with Gasteiger partial charge in [0.25, 0.3) is 5.69 Å². The molecule has 0 heterocycles. The molecular weight excluding hydrogens is 280 g/mol. The Bertz CT molecular complexity index is 669. The predicted octanol–water partition coefficient (Wildman–Crippen LogP) is 3.86. The van der Waals surface area contributed by atoms with Gasteiger partial charge in [-0.2, -0.15) is 0 Å². The lowest BCUT2D eigenvalue weighted by Gasteiger charge is -2.08. The Kier molecular flexibility index (Phi) is 5.25. The molecule has 2 aromatic carbocycles. The van der Waals surface area contributed by atoms with Crippen LogP contribution in [0.4, 0.5) is 11.4 Å². The van der Waals surface area contributed by atoms with Gasteiger partial charge in [0.05, 0.1) is 16.2 Å². The maximum atomic E-state index is 12.0. The quantitative estimate of drug-likeness (QED) is 0.650. The summed E-state index contributed by atoms with van der Waals surface area (Å²) in [5.74, 6) is -0.125. The number of aryl methyl sites for hydroxylation is 1. The third kappa shape index (κ3) is 4.15. The van der Waals surface area contributed by atoms with Gasteiger partial charge in [0.15, 0.2) is 0 Å². The van der Waals surface area contributed by atoms with Gasteiger partial charge in [-0.25, -0.2) is 0 Å². The summed E-state index contributed by atoms with van der Waals surface area (Å²) < 4.78 is 0. The fraction of sp³-hybridized carbons (Fsp3) is 0.235. The van der Waals surface area contributed by atoms with Crippen molar-refractivity contribution in [3.8, 4) is 0 Å². The molecular formula is C17H18N2O3. The van der Waals surface area contributed by atoms with Crippen LogP contribution in [0.1, 0.15) is 24.0 Å². The summed E-state index contributed by atoms with van der Waals surface area (Å²) in [7, 11) is 0. The number of nitrogens with one attached hydrogen (secondary N) is 1. The van der Waals surface area contributed by atoms with E-state index in [2.05, 4.69) is 5.32 Å². The molecule has 22 heavy (non-hydrogen) atoms. The summed E-state index contributed by atoms with van der Waals surface area (Å²) in [6.07, 6.45) is 1.96. The standard InChI is InChI=1S/C17H18N2O3/c1-13-15(10-6-11-16(13)19(21)22)18-17(20)12-5-9-14-7-3-2-4-8-14/h2-4,6-8,10-11H,5,9,12H2,1H3,(H,18,20). The van der Waals surface area contributed by atoms with Gasteiger partial charge >= 0.3 is 0 Å². The number of rotatable bonds is 6. The number of hydrogen-bond donors (Lipinski definition) is 1. The fourth-order valence-corrected chi connectivity index (χ4v) is 2.27. The van der Waals surface area contributed by atoms with Gasteiger partial charge in [0.2, 0.25) is 5.91 Å². The Labute approximate surface area is 129 Å². The highest BCUT2D eigenvalue weighted by Gasteiger charge is 2.14. The van der Waals surface area contributed by atoms with E-state index in [4.69, 9.17) is 0 Å². The second kappa shape index (κ2) is 7.36. The lowest BCUT2D eigenvalue weighted by molar-refractivity contribution is -0.385.